The molecular formula is C15H21ClN2O4. The molecule has 7 heteroatoms. The van der Waals surface area contributed by atoms with Crippen LogP contribution in [-0.2, 0) is 9.53 Å². The molecule has 0 saturated heterocycles. The summed E-state index contributed by atoms with van der Waals surface area (Å²) in [6.45, 7) is 5.81. The van der Waals surface area contributed by atoms with Crippen LogP contribution >= 0.6 is 11.6 Å². The Hall–Kier alpha value is -1.95. The highest BCUT2D eigenvalue weighted by atomic mass is 35.5. The topological polar surface area (TPSA) is 76.7 Å². The van der Waals surface area contributed by atoms with Gasteiger partial charge in [0.05, 0.1) is 0 Å². The van der Waals surface area contributed by atoms with E-state index in [4.69, 9.17) is 21.1 Å². The van der Waals surface area contributed by atoms with Gasteiger partial charge in [-0.2, -0.15) is 0 Å². The van der Waals surface area contributed by atoms with Crippen molar-refractivity contribution in [2.24, 2.45) is 0 Å². The molecule has 1 aromatic carbocycles. The predicted molar refractivity (Wildman–Crippen MR) is 84.2 cm³/mol. The molecule has 0 radical (unpaired) electrons. The lowest BCUT2D eigenvalue weighted by molar-refractivity contribution is -0.123. The van der Waals surface area contributed by atoms with E-state index in [9.17, 15) is 9.59 Å². The van der Waals surface area contributed by atoms with E-state index < -0.39 is 11.7 Å². The Morgan fingerprint density at radius 3 is 2.27 bits per heavy atom. The highest BCUT2D eigenvalue weighted by Crippen LogP contribution is 2.15. The molecule has 0 unspecified atom stereocenters. The smallest absolute Gasteiger partial charge is 0.407 e. The van der Waals surface area contributed by atoms with Crippen molar-refractivity contribution >= 4 is 23.6 Å². The third-order valence-electron chi connectivity index (χ3n) is 2.30. The number of benzene rings is 1. The van der Waals surface area contributed by atoms with Gasteiger partial charge in [0.25, 0.3) is 5.91 Å². The van der Waals surface area contributed by atoms with Gasteiger partial charge in [-0.15, -0.1) is 0 Å². The third-order valence-corrected chi connectivity index (χ3v) is 2.55. The molecule has 2 amide bonds. The van der Waals surface area contributed by atoms with Crippen molar-refractivity contribution < 1.29 is 19.1 Å². The van der Waals surface area contributed by atoms with Gasteiger partial charge in [-0.25, -0.2) is 4.79 Å². The maximum atomic E-state index is 11.6. The van der Waals surface area contributed by atoms with Gasteiger partial charge in [-0.3, -0.25) is 4.79 Å². The van der Waals surface area contributed by atoms with E-state index in [0.717, 1.165) is 0 Å². The average molecular weight is 329 g/mol. The van der Waals surface area contributed by atoms with E-state index in [1.54, 1.807) is 45.0 Å². The van der Waals surface area contributed by atoms with Crippen molar-refractivity contribution in [3.63, 3.8) is 0 Å². The summed E-state index contributed by atoms with van der Waals surface area (Å²) in [4.78, 5) is 22.9. The van der Waals surface area contributed by atoms with E-state index in [1.807, 2.05) is 0 Å². The monoisotopic (exact) mass is 328 g/mol. The molecule has 0 aliphatic heterocycles. The molecule has 0 bridgehead atoms. The molecule has 0 spiro atoms. The number of nitrogens with one attached hydrogen (secondary N) is 2. The molecular weight excluding hydrogens is 308 g/mol. The minimum absolute atomic E-state index is 0.103. The predicted octanol–water partition coefficient (Wildman–Crippen LogP) is 2.36. The summed E-state index contributed by atoms with van der Waals surface area (Å²) in [5, 5.41) is 5.77. The fraction of sp³-hybridized carbons (Fsp3) is 0.467. The van der Waals surface area contributed by atoms with Gasteiger partial charge >= 0.3 is 6.09 Å². The van der Waals surface area contributed by atoms with Crippen LogP contribution in [0, 0.1) is 0 Å². The van der Waals surface area contributed by atoms with Crippen molar-refractivity contribution in [3.05, 3.63) is 29.3 Å². The first-order chi connectivity index (χ1) is 10.3. The Labute approximate surface area is 135 Å². The van der Waals surface area contributed by atoms with Gasteiger partial charge in [0, 0.05) is 18.1 Å². The standard InChI is InChI=1S/C15H21ClN2O4/c1-15(2,3)22-14(20)18-9-8-17-13(19)10-21-12-6-4-11(16)5-7-12/h4-7H,8-10H2,1-3H3,(H,17,19)(H,18,20). The fourth-order valence-electron chi connectivity index (χ4n) is 1.41. The number of alkyl carbamates (subject to hydrolysis) is 1. The summed E-state index contributed by atoms with van der Waals surface area (Å²) < 4.78 is 10.3. The van der Waals surface area contributed by atoms with Gasteiger partial charge in [0.2, 0.25) is 0 Å². The molecule has 1 rings (SSSR count). The van der Waals surface area contributed by atoms with Crippen LogP contribution in [0.3, 0.4) is 0 Å². The zero-order chi connectivity index (χ0) is 16.6. The van der Waals surface area contributed by atoms with Crippen LogP contribution in [0.15, 0.2) is 24.3 Å². The molecule has 2 N–H and O–H groups in total. The van der Waals surface area contributed by atoms with Crippen LogP contribution in [0.2, 0.25) is 5.02 Å². The molecule has 22 heavy (non-hydrogen) atoms. The van der Waals surface area contributed by atoms with Crippen LogP contribution in [0.1, 0.15) is 20.8 Å². The Bertz CT molecular complexity index is 497. The second-order valence-electron chi connectivity index (χ2n) is 5.52. The number of carbonyl (C=O) groups excluding carboxylic acids is 2. The number of hydrogen-bond donors (Lipinski definition) is 2. The van der Waals surface area contributed by atoms with Crippen LogP contribution < -0.4 is 15.4 Å². The minimum atomic E-state index is -0.542. The fourth-order valence-corrected chi connectivity index (χ4v) is 1.54. The van der Waals surface area contributed by atoms with E-state index in [1.165, 1.54) is 0 Å². The van der Waals surface area contributed by atoms with Gasteiger partial charge in [-0.1, -0.05) is 11.6 Å². The molecule has 122 valence electrons. The number of carbonyl (C=O) groups is 2. The normalized spacial score (nSPS) is 10.7. The Kier molecular flexibility index (Phi) is 6.98. The molecule has 6 nitrogen and oxygen atoms in total. The van der Waals surface area contributed by atoms with Crippen molar-refractivity contribution in [2.75, 3.05) is 19.7 Å². The first-order valence-electron chi connectivity index (χ1n) is 6.88. The number of halogens is 1. The Balaban J connectivity index is 2.13. The lowest BCUT2D eigenvalue weighted by Crippen LogP contribution is -2.39. The van der Waals surface area contributed by atoms with Crippen LogP contribution in [0.25, 0.3) is 0 Å². The first kappa shape index (κ1) is 18.1. The number of ether oxygens (including phenoxy) is 2. The van der Waals surface area contributed by atoms with Gasteiger partial charge in [0.15, 0.2) is 6.61 Å². The van der Waals surface area contributed by atoms with Gasteiger partial charge < -0.3 is 20.1 Å². The summed E-state index contributed by atoms with van der Waals surface area (Å²) in [6, 6.07) is 6.72. The van der Waals surface area contributed by atoms with E-state index in [2.05, 4.69) is 10.6 Å². The van der Waals surface area contributed by atoms with Gasteiger partial charge in [0.1, 0.15) is 11.4 Å². The minimum Gasteiger partial charge on any atom is -0.484 e. The maximum absolute atomic E-state index is 11.6. The Morgan fingerprint density at radius 1 is 1.09 bits per heavy atom. The molecule has 0 heterocycles. The second-order valence-corrected chi connectivity index (χ2v) is 5.96. The van der Waals surface area contributed by atoms with Crippen LogP contribution in [0.5, 0.6) is 5.75 Å². The van der Waals surface area contributed by atoms with Crippen molar-refractivity contribution in [2.45, 2.75) is 26.4 Å². The Morgan fingerprint density at radius 2 is 1.68 bits per heavy atom. The molecule has 0 saturated carbocycles. The van der Waals surface area contributed by atoms with E-state index in [-0.39, 0.29) is 19.1 Å². The zero-order valence-electron chi connectivity index (χ0n) is 12.9. The molecule has 0 atom stereocenters. The van der Waals surface area contributed by atoms with Crippen LogP contribution in [-0.4, -0.2) is 37.3 Å². The second kappa shape index (κ2) is 8.48. The largest absolute Gasteiger partial charge is 0.484 e. The molecule has 1 aromatic rings. The molecule has 0 fully saturated rings. The average Bonchev–Trinajstić information content (AvgIpc) is 2.41. The van der Waals surface area contributed by atoms with Crippen LogP contribution in [0.4, 0.5) is 4.79 Å². The first-order valence-corrected chi connectivity index (χ1v) is 7.26. The van der Waals surface area contributed by atoms with E-state index >= 15 is 0 Å². The molecule has 0 aliphatic carbocycles. The number of amides is 2. The summed E-state index contributed by atoms with van der Waals surface area (Å²) in [7, 11) is 0. The van der Waals surface area contributed by atoms with Crippen molar-refractivity contribution in [1.29, 1.82) is 0 Å². The summed E-state index contributed by atoms with van der Waals surface area (Å²) >= 11 is 5.74. The highest BCUT2D eigenvalue weighted by molar-refractivity contribution is 6.30. The van der Waals surface area contributed by atoms with E-state index in [0.29, 0.717) is 17.3 Å². The highest BCUT2D eigenvalue weighted by Gasteiger charge is 2.15. The quantitative estimate of drug-likeness (QED) is 0.786. The van der Waals surface area contributed by atoms with Gasteiger partial charge in [-0.05, 0) is 45.0 Å². The lowest BCUT2D eigenvalue weighted by atomic mass is 10.2. The number of rotatable bonds is 6. The van der Waals surface area contributed by atoms with Crippen molar-refractivity contribution in [3.8, 4) is 5.75 Å². The SMILES string of the molecule is CC(C)(C)OC(=O)NCCNC(=O)COc1ccc(Cl)cc1. The zero-order valence-corrected chi connectivity index (χ0v) is 13.7. The van der Waals surface area contributed by atoms with Crippen molar-refractivity contribution in [1.82, 2.24) is 10.6 Å². The molecule has 0 aromatic heterocycles. The summed E-state index contributed by atoms with van der Waals surface area (Å²) in [5.74, 6) is 0.285. The molecule has 0 aliphatic rings. The maximum Gasteiger partial charge on any atom is 0.407 e. The number of hydrogen-bond acceptors (Lipinski definition) is 4. The third kappa shape index (κ3) is 8.36. The summed E-state index contributed by atoms with van der Waals surface area (Å²) in [5.41, 5.74) is -0.542. The summed E-state index contributed by atoms with van der Waals surface area (Å²) in [6.07, 6.45) is -0.515. The lowest BCUT2D eigenvalue weighted by Gasteiger charge is -2.19.